The van der Waals surface area contributed by atoms with E-state index in [-0.39, 0.29) is 0 Å². The summed E-state index contributed by atoms with van der Waals surface area (Å²) < 4.78 is 2.16. The fraction of sp³-hybridized carbons (Fsp3) is 0.438. The van der Waals surface area contributed by atoms with Crippen LogP contribution in [0.15, 0.2) is 36.7 Å². The molecule has 0 aliphatic carbocycles. The molecular formula is C16H23N3. The van der Waals surface area contributed by atoms with Gasteiger partial charge in [-0.1, -0.05) is 26.0 Å². The highest BCUT2D eigenvalue weighted by molar-refractivity contribution is 5.38. The second-order valence-corrected chi connectivity index (χ2v) is 4.84. The molecule has 1 N–H and O–H groups in total. The molecule has 0 fully saturated rings. The Kier molecular flexibility index (Phi) is 4.74. The Bertz CT molecular complexity index is 516. The van der Waals surface area contributed by atoms with Crippen molar-refractivity contribution in [1.82, 2.24) is 14.9 Å². The summed E-state index contributed by atoms with van der Waals surface area (Å²) in [6.45, 7) is 7.59. The molecule has 102 valence electrons. The topological polar surface area (TPSA) is 29.9 Å². The van der Waals surface area contributed by atoms with Crippen LogP contribution in [0.3, 0.4) is 0 Å². The third-order valence-electron chi connectivity index (χ3n) is 3.38. The smallest absolute Gasteiger partial charge is 0.112 e. The zero-order valence-corrected chi connectivity index (χ0v) is 12.1. The Morgan fingerprint density at radius 1 is 1.32 bits per heavy atom. The minimum absolute atomic E-state index is 0.383. The molecule has 0 saturated carbocycles. The largest absolute Gasteiger partial charge is 0.310 e. The molecule has 0 radical (unpaired) electrons. The maximum Gasteiger partial charge on any atom is 0.112 e. The van der Waals surface area contributed by atoms with Crippen molar-refractivity contribution in [2.75, 3.05) is 6.54 Å². The number of imidazole rings is 1. The lowest BCUT2D eigenvalue weighted by Gasteiger charge is -2.15. The maximum absolute atomic E-state index is 4.38. The average Bonchev–Trinajstić information content (AvgIpc) is 2.93. The van der Waals surface area contributed by atoms with E-state index in [2.05, 4.69) is 59.9 Å². The van der Waals surface area contributed by atoms with Crippen LogP contribution in [0.2, 0.25) is 0 Å². The van der Waals surface area contributed by atoms with Gasteiger partial charge in [0, 0.05) is 30.5 Å². The van der Waals surface area contributed by atoms with E-state index in [1.807, 2.05) is 12.4 Å². The van der Waals surface area contributed by atoms with Crippen LogP contribution < -0.4 is 5.32 Å². The second-order valence-electron chi connectivity index (χ2n) is 4.84. The number of nitrogens with one attached hydrogen (secondary N) is 1. The first-order valence-corrected chi connectivity index (χ1v) is 7.12. The van der Waals surface area contributed by atoms with Crippen molar-refractivity contribution in [1.29, 1.82) is 0 Å². The van der Waals surface area contributed by atoms with Gasteiger partial charge in [-0.05, 0) is 37.6 Å². The summed E-state index contributed by atoms with van der Waals surface area (Å²) in [5.74, 6) is 1.10. The Morgan fingerprint density at radius 3 is 2.89 bits per heavy atom. The van der Waals surface area contributed by atoms with E-state index in [1.54, 1.807) is 0 Å². The van der Waals surface area contributed by atoms with Crippen LogP contribution in [0.1, 0.15) is 44.6 Å². The minimum Gasteiger partial charge on any atom is -0.310 e. The molecule has 2 aromatic rings. The first-order chi connectivity index (χ1) is 9.26. The highest BCUT2D eigenvalue weighted by atomic mass is 15.1. The SMILES string of the molecule is CCCNC(C)c1cccc(-n2ccnc2CC)c1. The van der Waals surface area contributed by atoms with Gasteiger partial charge in [-0.25, -0.2) is 4.98 Å². The van der Waals surface area contributed by atoms with Crippen LogP contribution in [-0.4, -0.2) is 16.1 Å². The van der Waals surface area contributed by atoms with Gasteiger partial charge in [0.05, 0.1) is 0 Å². The summed E-state index contributed by atoms with van der Waals surface area (Å²) in [6.07, 6.45) is 6.00. The molecule has 0 amide bonds. The summed E-state index contributed by atoms with van der Waals surface area (Å²) in [4.78, 5) is 4.38. The zero-order valence-electron chi connectivity index (χ0n) is 12.1. The van der Waals surface area contributed by atoms with Gasteiger partial charge < -0.3 is 9.88 Å². The van der Waals surface area contributed by atoms with Crippen LogP contribution in [0, 0.1) is 0 Å². The normalized spacial score (nSPS) is 12.6. The zero-order chi connectivity index (χ0) is 13.7. The van der Waals surface area contributed by atoms with Crippen LogP contribution in [-0.2, 0) is 6.42 Å². The molecule has 0 aliphatic rings. The lowest BCUT2D eigenvalue weighted by atomic mass is 10.1. The number of hydrogen-bond donors (Lipinski definition) is 1. The van der Waals surface area contributed by atoms with Crippen molar-refractivity contribution in [2.45, 2.75) is 39.7 Å². The number of benzene rings is 1. The quantitative estimate of drug-likeness (QED) is 0.858. The van der Waals surface area contributed by atoms with Gasteiger partial charge in [0.1, 0.15) is 5.82 Å². The van der Waals surface area contributed by atoms with E-state index in [9.17, 15) is 0 Å². The summed E-state index contributed by atoms with van der Waals surface area (Å²) in [7, 11) is 0. The molecule has 1 atom stereocenters. The number of aryl methyl sites for hydroxylation is 1. The molecule has 2 rings (SSSR count). The van der Waals surface area contributed by atoms with Gasteiger partial charge >= 0.3 is 0 Å². The van der Waals surface area contributed by atoms with Gasteiger partial charge in [-0.3, -0.25) is 0 Å². The number of hydrogen-bond acceptors (Lipinski definition) is 2. The molecule has 3 heteroatoms. The third kappa shape index (κ3) is 3.24. The maximum atomic E-state index is 4.38. The predicted molar refractivity (Wildman–Crippen MR) is 79.7 cm³/mol. The highest BCUT2D eigenvalue weighted by Gasteiger charge is 2.07. The first kappa shape index (κ1) is 13.8. The Labute approximate surface area is 115 Å². The Morgan fingerprint density at radius 2 is 2.16 bits per heavy atom. The second kappa shape index (κ2) is 6.53. The number of rotatable bonds is 6. The Balaban J connectivity index is 2.24. The summed E-state index contributed by atoms with van der Waals surface area (Å²) in [5, 5.41) is 3.52. The van der Waals surface area contributed by atoms with Crippen molar-refractivity contribution in [3.05, 3.63) is 48.0 Å². The third-order valence-corrected chi connectivity index (χ3v) is 3.38. The Hall–Kier alpha value is -1.61. The molecule has 1 aromatic heterocycles. The van der Waals surface area contributed by atoms with Crippen molar-refractivity contribution in [3.63, 3.8) is 0 Å². The van der Waals surface area contributed by atoms with E-state index >= 15 is 0 Å². The van der Waals surface area contributed by atoms with Gasteiger partial charge in [0.2, 0.25) is 0 Å². The molecule has 1 aromatic carbocycles. The summed E-state index contributed by atoms with van der Waals surface area (Å²) in [5.41, 5.74) is 2.51. The van der Waals surface area contributed by atoms with Crippen LogP contribution in [0.4, 0.5) is 0 Å². The fourth-order valence-electron chi connectivity index (χ4n) is 2.25. The lowest BCUT2D eigenvalue weighted by Crippen LogP contribution is -2.19. The molecule has 0 saturated heterocycles. The van der Waals surface area contributed by atoms with E-state index in [0.717, 1.165) is 25.2 Å². The molecule has 0 bridgehead atoms. The minimum atomic E-state index is 0.383. The molecule has 1 heterocycles. The van der Waals surface area contributed by atoms with E-state index in [4.69, 9.17) is 0 Å². The standard InChI is InChI=1S/C16H23N3/c1-4-9-17-13(3)14-7-6-8-15(12-14)19-11-10-18-16(19)5-2/h6-8,10-13,17H,4-5,9H2,1-3H3. The fourth-order valence-corrected chi connectivity index (χ4v) is 2.25. The van der Waals surface area contributed by atoms with Crippen LogP contribution in [0.25, 0.3) is 5.69 Å². The van der Waals surface area contributed by atoms with E-state index < -0.39 is 0 Å². The van der Waals surface area contributed by atoms with Crippen molar-refractivity contribution in [3.8, 4) is 5.69 Å². The van der Waals surface area contributed by atoms with Crippen LogP contribution >= 0.6 is 0 Å². The molecule has 3 nitrogen and oxygen atoms in total. The number of aromatic nitrogens is 2. The van der Waals surface area contributed by atoms with E-state index in [0.29, 0.717) is 6.04 Å². The molecule has 19 heavy (non-hydrogen) atoms. The van der Waals surface area contributed by atoms with E-state index in [1.165, 1.54) is 11.3 Å². The predicted octanol–water partition coefficient (Wildman–Crippen LogP) is 3.50. The lowest BCUT2D eigenvalue weighted by molar-refractivity contribution is 0.570. The molecule has 0 aliphatic heterocycles. The van der Waals surface area contributed by atoms with Gasteiger partial charge in [0.15, 0.2) is 0 Å². The molecular weight excluding hydrogens is 234 g/mol. The molecule has 1 unspecified atom stereocenters. The van der Waals surface area contributed by atoms with Crippen molar-refractivity contribution in [2.24, 2.45) is 0 Å². The van der Waals surface area contributed by atoms with Crippen molar-refractivity contribution < 1.29 is 0 Å². The number of nitrogens with zero attached hydrogens (tertiary/aromatic N) is 2. The average molecular weight is 257 g/mol. The van der Waals surface area contributed by atoms with Crippen LogP contribution in [0.5, 0.6) is 0 Å². The van der Waals surface area contributed by atoms with Gasteiger partial charge in [-0.15, -0.1) is 0 Å². The highest BCUT2D eigenvalue weighted by Crippen LogP contribution is 2.18. The van der Waals surface area contributed by atoms with Gasteiger partial charge in [-0.2, -0.15) is 0 Å². The van der Waals surface area contributed by atoms with Gasteiger partial charge in [0.25, 0.3) is 0 Å². The molecule has 0 spiro atoms. The summed E-state index contributed by atoms with van der Waals surface area (Å²) in [6, 6.07) is 9.06. The first-order valence-electron chi connectivity index (χ1n) is 7.12. The summed E-state index contributed by atoms with van der Waals surface area (Å²) >= 11 is 0. The van der Waals surface area contributed by atoms with Crippen molar-refractivity contribution >= 4 is 0 Å². The monoisotopic (exact) mass is 257 g/mol.